The van der Waals surface area contributed by atoms with Crippen LogP contribution in [0.5, 0.6) is 0 Å². The fourth-order valence-electron chi connectivity index (χ4n) is 18.0. The summed E-state index contributed by atoms with van der Waals surface area (Å²) >= 11 is 1.92. The Kier molecular flexibility index (Phi) is 19.6. The molecule has 123 heavy (non-hydrogen) atoms. The molecule has 0 fully saturated rings. The summed E-state index contributed by atoms with van der Waals surface area (Å²) in [6.45, 7) is 4.72. The number of aromatic nitrogens is 7. The third kappa shape index (κ3) is 14.1. The number of thiophene rings is 1. The van der Waals surface area contributed by atoms with Crippen molar-refractivity contribution in [3.05, 3.63) is 476 Å². The molecule has 8 heteroatoms. The molecule has 0 atom stereocenters. The summed E-state index contributed by atoms with van der Waals surface area (Å²) in [5, 5.41) is 3.49. The maximum absolute atomic E-state index is 5.10. The zero-order valence-corrected chi connectivity index (χ0v) is 68.5. The fraction of sp³-hybridized carbons (Fsp3) is 0.0348. The number of hydrogen-bond donors (Lipinski definition) is 0. The highest BCUT2D eigenvalue weighted by atomic mass is 32.1. The Morgan fingerprint density at radius 3 is 1.01 bits per heavy atom. The van der Waals surface area contributed by atoms with E-state index in [1.54, 1.807) is 0 Å². The average molecular weight is 1590 g/mol. The molecular weight excluding hydrogens is 1510 g/mol. The van der Waals surface area contributed by atoms with Gasteiger partial charge < -0.3 is 0 Å². The third-order valence-electron chi connectivity index (χ3n) is 24.0. The lowest BCUT2D eigenvalue weighted by molar-refractivity contribution is 0.667. The second kappa shape index (κ2) is 32.3. The van der Waals surface area contributed by atoms with Gasteiger partial charge in [0.1, 0.15) is 0 Å². The van der Waals surface area contributed by atoms with Crippen molar-refractivity contribution < 1.29 is 0 Å². The van der Waals surface area contributed by atoms with Crippen LogP contribution < -0.4 is 0 Å². The molecule has 2 aliphatic rings. The summed E-state index contributed by atoms with van der Waals surface area (Å²) in [5.74, 6) is 3.41. The van der Waals surface area contributed by atoms with E-state index in [1.807, 2.05) is 102 Å². The Morgan fingerprint density at radius 1 is 0.203 bits per heavy atom. The minimum absolute atomic E-state index is 0.0164. The van der Waals surface area contributed by atoms with Gasteiger partial charge in [-0.1, -0.05) is 420 Å². The lowest BCUT2D eigenvalue weighted by Gasteiger charge is -2.34. The molecule has 580 valence electrons. The van der Waals surface area contributed by atoms with Crippen molar-refractivity contribution in [1.82, 2.24) is 34.9 Å². The summed E-state index contributed by atoms with van der Waals surface area (Å²) in [4.78, 5) is 36.3. The molecule has 0 saturated carbocycles. The lowest BCUT2D eigenvalue weighted by Crippen LogP contribution is -2.28. The first-order chi connectivity index (χ1) is 60.7. The van der Waals surface area contributed by atoms with E-state index in [4.69, 9.17) is 34.9 Å². The molecule has 0 spiro atoms. The van der Waals surface area contributed by atoms with Crippen molar-refractivity contribution in [3.8, 4) is 146 Å². The highest BCUT2D eigenvalue weighted by Crippen LogP contribution is 2.58. The summed E-state index contributed by atoms with van der Waals surface area (Å²) in [7, 11) is 0. The summed E-state index contributed by atoms with van der Waals surface area (Å²) in [5.41, 5.74) is 31.7. The van der Waals surface area contributed by atoms with E-state index in [-0.39, 0.29) is 5.41 Å². The van der Waals surface area contributed by atoms with Crippen molar-refractivity contribution >= 4 is 43.2 Å². The first-order valence-electron chi connectivity index (χ1n) is 41.7. The van der Waals surface area contributed by atoms with Crippen LogP contribution in [-0.2, 0) is 10.8 Å². The molecule has 0 unspecified atom stereocenters. The van der Waals surface area contributed by atoms with Crippen molar-refractivity contribution in [1.29, 1.82) is 0 Å². The number of para-hydroxylation sites is 2. The first kappa shape index (κ1) is 74.9. The van der Waals surface area contributed by atoms with Crippen LogP contribution in [0, 0.1) is 0 Å². The van der Waals surface area contributed by atoms with Crippen LogP contribution in [0.25, 0.3) is 177 Å². The minimum Gasteiger partial charge on any atom is -0.228 e. The van der Waals surface area contributed by atoms with Gasteiger partial charge in [-0.15, -0.1) is 11.3 Å². The predicted octanol–water partition coefficient (Wildman–Crippen LogP) is 29.4. The van der Waals surface area contributed by atoms with Crippen LogP contribution in [0.3, 0.4) is 0 Å². The number of rotatable bonds is 13. The smallest absolute Gasteiger partial charge is 0.164 e. The fourth-order valence-corrected chi connectivity index (χ4v) is 19.4. The Labute approximate surface area is 719 Å². The molecule has 7 nitrogen and oxygen atoms in total. The Hall–Kier alpha value is -15.6. The monoisotopic (exact) mass is 1590 g/mol. The second-order valence-corrected chi connectivity index (χ2v) is 32.8. The molecule has 0 amide bonds. The SMILES string of the molecule is CC1(C)c2ccccc2-c2sc3ccc(-c4cccc(-c5nc(-c6ccccc6)c6ccccc6n5)c4)cc3c21.c1ccc(-c2ccc(-c3nc(-c4ccccc4)c4ccccc4n3)cc2)cc1.c1ccc(-c2ccc(-c3nc(-c4ccccc4)nc(-c4cccc(-c5ccc(C6(c7ccccc7)c7ccccc7-c7ccccc76)cc5)c4)n3)cc2)cc1. The van der Waals surface area contributed by atoms with Crippen molar-refractivity contribution in [2.75, 3.05) is 0 Å². The first-order valence-corrected chi connectivity index (χ1v) is 42.6. The van der Waals surface area contributed by atoms with Crippen LogP contribution in [0.4, 0.5) is 0 Å². The lowest BCUT2D eigenvalue weighted by atomic mass is 9.67. The molecule has 0 bridgehead atoms. The number of nitrogens with zero attached hydrogens (tertiary/aromatic N) is 7. The van der Waals surface area contributed by atoms with Gasteiger partial charge in [0.25, 0.3) is 0 Å². The highest BCUT2D eigenvalue weighted by Gasteiger charge is 2.46. The normalized spacial score (nSPS) is 12.4. The summed E-state index contributed by atoms with van der Waals surface area (Å²) in [6, 6.07) is 156. The maximum Gasteiger partial charge on any atom is 0.164 e. The predicted molar refractivity (Wildman–Crippen MR) is 509 cm³/mol. The Balaban J connectivity index is 0.000000120. The Bertz CT molecular complexity index is 7420. The maximum atomic E-state index is 5.10. The largest absolute Gasteiger partial charge is 0.228 e. The number of benzene rings is 17. The molecule has 23 rings (SSSR count). The molecule has 4 heterocycles. The van der Waals surface area contributed by atoms with Crippen LogP contribution in [0.15, 0.2) is 443 Å². The van der Waals surface area contributed by atoms with Crippen LogP contribution >= 0.6 is 11.3 Å². The zero-order valence-electron chi connectivity index (χ0n) is 67.7. The molecule has 0 aliphatic heterocycles. The van der Waals surface area contributed by atoms with Gasteiger partial charge in [-0.05, 0) is 136 Å². The molecule has 2 aliphatic carbocycles. The van der Waals surface area contributed by atoms with Crippen molar-refractivity contribution in [2.45, 2.75) is 24.7 Å². The zero-order chi connectivity index (χ0) is 82.2. The van der Waals surface area contributed by atoms with E-state index < -0.39 is 5.41 Å². The van der Waals surface area contributed by atoms with E-state index in [0.29, 0.717) is 17.5 Å². The van der Waals surface area contributed by atoms with Gasteiger partial charge >= 0.3 is 0 Å². The van der Waals surface area contributed by atoms with E-state index in [9.17, 15) is 0 Å². The molecule has 0 saturated heterocycles. The second-order valence-electron chi connectivity index (χ2n) is 31.8. The van der Waals surface area contributed by atoms with Crippen LogP contribution in [-0.4, -0.2) is 34.9 Å². The highest BCUT2D eigenvalue weighted by molar-refractivity contribution is 7.22. The van der Waals surface area contributed by atoms with Gasteiger partial charge in [-0.3, -0.25) is 0 Å². The van der Waals surface area contributed by atoms with E-state index in [0.717, 1.165) is 100 Å². The van der Waals surface area contributed by atoms with E-state index >= 15 is 0 Å². The number of fused-ring (bicyclic) bond motifs is 10. The van der Waals surface area contributed by atoms with Crippen LogP contribution in [0.2, 0.25) is 0 Å². The Morgan fingerprint density at radius 2 is 0.512 bits per heavy atom. The number of hydrogen-bond acceptors (Lipinski definition) is 8. The molecule has 0 radical (unpaired) electrons. The molecular formula is C115H79N7S. The minimum atomic E-state index is -0.427. The van der Waals surface area contributed by atoms with Crippen LogP contribution in [0.1, 0.15) is 47.2 Å². The topological polar surface area (TPSA) is 90.2 Å². The van der Waals surface area contributed by atoms with E-state index in [2.05, 4.69) is 366 Å². The van der Waals surface area contributed by atoms with Gasteiger partial charge in [-0.25, -0.2) is 34.9 Å². The van der Waals surface area contributed by atoms with Gasteiger partial charge in [0.15, 0.2) is 29.1 Å². The molecule has 21 aromatic rings. The third-order valence-corrected chi connectivity index (χ3v) is 25.2. The quantitative estimate of drug-likeness (QED) is 0.114. The summed E-state index contributed by atoms with van der Waals surface area (Å²) < 4.78 is 1.35. The van der Waals surface area contributed by atoms with Crippen molar-refractivity contribution in [2.24, 2.45) is 0 Å². The standard InChI is InChI=1S/C52H35N3.C37H26N2S.C26H18N2/c1-4-15-36(16-5-1)37-27-29-40(30-28-37)50-53-49(39-17-6-2-7-18-39)54-51(55-50)42-20-14-19-41(35-42)38-31-33-44(34-32-38)52(43-21-8-3-9-22-43)47-25-12-10-23-45(47)46-24-11-13-26-48(46)52;1-37(2)30-17-8-6-15-27(30)35-33(37)29-22-25(19-20-32(29)40-35)24-13-10-14-26(21-24)36-38-31-18-9-7-16-28(31)34(39-36)23-11-4-3-5-12-23;1-3-9-19(10-4-1)20-15-17-22(18-16-20)26-27-24-14-8-7-13-23(24)25(28-26)21-11-5-2-6-12-21/h1-35H;3-22H,1-2H3;1-18H. The molecule has 17 aromatic carbocycles. The van der Waals surface area contributed by atoms with E-state index in [1.165, 1.54) is 92.9 Å². The van der Waals surface area contributed by atoms with Gasteiger partial charge in [-0.2, -0.15) is 0 Å². The summed E-state index contributed by atoms with van der Waals surface area (Å²) in [6.07, 6.45) is 0. The van der Waals surface area contributed by atoms with Gasteiger partial charge in [0.05, 0.1) is 27.8 Å². The van der Waals surface area contributed by atoms with Crippen molar-refractivity contribution in [3.63, 3.8) is 0 Å². The average Bonchev–Trinajstić information content (AvgIpc) is 1.54. The molecule has 0 N–H and O–H groups in total. The van der Waals surface area contributed by atoms with Gasteiger partial charge in [0.2, 0.25) is 0 Å². The molecule has 4 aromatic heterocycles. The van der Waals surface area contributed by atoms with Gasteiger partial charge in [0, 0.05) is 64.7 Å².